The van der Waals surface area contributed by atoms with Crippen molar-refractivity contribution in [2.24, 2.45) is 11.8 Å². The van der Waals surface area contributed by atoms with Crippen molar-refractivity contribution in [3.8, 4) is 0 Å². The highest BCUT2D eigenvalue weighted by Gasteiger charge is 2.36. The Labute approximate surface area is 121 Å². The Morgan fingerprint density at radius 1 is 0.526 bits per heavy atom. The molecule has 0 spiro atoms. The fourth-order valence-electron chi connectivity index (χ4n) is 5.15. The lowest BCUT2D eigenvalue weighted by molar-refractivity contribution is 0.251. The molecule has 19 heavy (non-hydrogen) atoms. The van der Waals surface area contributed by atoms with Gasteiger partial charge in [-0.25, -0.2) is 0 Å². The first kappa shape index (κ1) is 14.4. The third kappa shape index (κ3) is 3.75. The van der Waals surface area contributed by atoms with Crippen LogP contribution >= 0.6 is 7.92 Å². The van der Waals surface area contributed by atoms with Crippen LogP contribution in [0.2, 0.25) is 0 Å². The van der Waals surface area contributed by atoms with Crippen molar-refractivity contribution in [3.05, 3.63) is 0 Å². The van der Waals surface area contributed by atoms with E-state index in [1.54, 1.807) is 83.0 Å². The van der Waals surface area contributed by atoms with Crippen molar-refractivity contribution in [1.82, 2.24) is 0 Å². The quantitative estimate of drug-likeness (QED) is 0.541. The summed E-state index contributed by atoms with van der Waals surface area (Å²) in [4.78, 5) is 0. The summed E-state index contributed by atoms with van der Waals surface area (Å²) < 4.78 is 0. The molecule has 0 N–H and O–H groups in total. The molecule has 0 radical (unpaired) electrons. The summed E-state index contributed by atoms with van der Waals surface area (Å²) >= 11 is 0. The lowest BCUT2D eigenvalue weighted by Gasteiger charge is -2.44. The molecule has 2 aliphatic carbocycles. The maximum Gasteiger partial charge on any atom is -0.0152 e. The van der Waals surface area contributed by atoms with E-state index in [1.165, 1.54) is 18.5 Å². The third-order valence-electron chi connectivity index (χ3n) is 6.08. The lowest BCUT2D eigenvalue weighted by Crippen LogP contribution is -2.33. The van der Waals surface area contributed by atoms with E-state index in [0.717, 1.165) is 11.8 Å². The summed E-state index contributed by atoms with van der Waals surface area (Å²) in [6.45, 7) is 0. The summed E-state index contributed by atoms with van der Waals surface area (Å²) in [5.41, 5.74) is 1.20. The Morgan fingerprint density at radius 3 is 1.42 bits per heavy atom. The van der Waals surface area contributed by atoms with Crippen molar-refractivity contribution >= 4 is 7.92 Å². The molecule has 0 bridgehead atoms. The summed E-state index contributed by atoms with van der Waals surface area (Å²) in [5, 5.41) is 0. The number of hydrogen-bond acceptors (Lipinski definition) is 0. The van der Waals surface area contributed by atoms with Crippen LogP contribution in [-0.4, -0.2) is 18.0 Å². The van der Waals surface area contributed by atoms with Gasteiger partial charge < -0.3 is 0 Å². The van der Waals surface area contributed by atoms with Crippen LogP contribution in [0.1, 0.15) is 83.5 Å². The Bertz CT molecular complexity index is 202. The topological polar surface area (TPSA) is 0 Å². The molecule has 110 valence electrons. The summed E-state index contributed by atoms with van der Waals surface area (Å²) in [7, 11) is 0.419. The fraction of sp³-hybridized carbons (Fsp3) is 1.00. The molecular formula is C18H33P. The normalized spacial score (nSPS) is 28.9. The van der Waals surface area contributed by atoms with Crippen molar-refractivity contribution < 1.29 is 0 Å². The SMILES string of the molecule is C1CCC(C(C2CCCCC2)P2CCCCC2)CC1. The van der Waals surface area contributed by atoms with Crippen molar-refractivity contribution in [1.29, 1.82) is 0 Å². The molecule has 1 saturated heterocycles. The lowest BCUT2D eigenvalue weighted by atomic mass is 9.77. The third-order valence-corrected chi connectivity index (χ3v) is 9.55. The number of hydrogen-bond donors (Lipinski definition) is 0. The van der Waals surface area contributed by atoms with Gasteiger partial charge >= 0.3 is 0 Å². The maximum atomic E-state index is 1.65. The summed E-state index contributed by atoms with van der Waals surface area (Å²) in [6.07, 6.45) is 23.6. The van der Waals surface area contributed by atoms with E-state index in [2.05, 4.69) is 0 Å². The summed E-state index contributed by atoms with van der Waals surface area (Å²) in [5.74, 6) is 2.31. The highest BCUT2D eigenvalue weighted by Crippen LogP contribution is 2.56. The van der Waals surface area contributed by atoms with Gasteiger partial charge in [0, 0.05) is 0 Å². The largest absolute Gasteiger partial charge is 0.103 e. The number of rotatable bonds is 3. The molecule has 3 fully saturated rings. The molecule has 0 aromatic rings. The van der Waals surface area contributed by atoms with E-state index in [9.17, 15) is 0 Å². The van der Waals surface area contributed by atoms with E-state index in [0.29, 0.717) is 7.92 Å². The molecule has 2 saturated carbocycles. The first-order valence-corrected chi connectivity index (χ1v) is 11.0. The second kappa shape index (κ2) is 7.44. The highest BCUT2D eigenvalue weighted by molar-refractivity contribution is 7.58. The van der Waals surface area contributed by atoms with Gasteiger partial charge in [-0.3, -0.25) is 0 Å². The monoisotopic (exact) mass is 280 g/mol. The second-order valence-electron chi connectivity index (χ2n) is 7.38. The molecular weight excluding hydrogens is 247 g/mol. The van der Waals surface area contributed by atoms with E-state index in [1.807, 2.05) is 0 Å². The molecule has 1 heterocycles. The summed E-state index contributed by atoms with van der Waals surface area (Å²) in [6, 6.07) is 0. The Morgan fingerprint density at radius 2 is 0.947 bits per heavy atom. The molecule has 3 aliphatic rings. The molecule has 0 aromatic carbocycles. The van der Waals surface area contributed by atoms with E-state index in [-0.39, 0.29) is 0 Å². The van der Waals surface area contributed by atoms with E-state index >= 15 is 0 Å². The van der Waals surface area contributed by atoms with Gasteiger partial charge in [0.15, 0.2) is 0 Å². The molecule has 1 heteroatoms. The Kier molecular flexibility index (Phi) is 5.63. The standard InChI is InChI=1S/C18H33P/c1-4-10-16(11-5-1)18(17-12-6-2-7-13-17)19-14-8-3-9-15-19/h16-18H,1-15H2. The van der Waals surface area contributed by atoms with Gasteiger partial charge in [0.1, 0.15) is 0 Å². The van der Waals surface area contributed by atoms with Gasteiger partial charge in [0.05, 0.1) is 0 Å². The molecule has 0 atom stereocenters. The smallest absolute Gasteiger partial charge is 0.0152 e. The highest BCUT2D eigenvalue weighted by atomic mass is 31.1. The Balaban J connectivity index is 1.68. The first-order chi connectivity index (χ1) is 9.45. The zero-order valence-corrected chi connectivity index (χ0v) is 13.7. The predicted molar refractivity (Wildman–Crippen MR) is 87.4 cm³/mol. The van der Waals surface area contributed by atoms with Crippen molar-refractivity contribution in [2.45, 2.75) is 89.1 Å². The van der Waals surface area contributed by atoms with Crippen LogP contribution in [0.4, 0.5) is 0 Å². The average molecular weight is 280 g/mol. The minimum Gasteiger partial charge on any atom is -0.103 e. The van der Waals surface area contributed by atoms with Crippen LogP contribution in [0.25, 0.3) is 0 Å². The van der Waals surface area contributed by atoms with Crippen LogP contribution in [0.5, 0.6) is 0 Å². The van der Waals surface area contributed by atoms with Gasteiger partial charge in [-0.2, -0.15) is 0 Å². The maximum absolute atomic E-state index is 1.65. The molecule has 0 aromatic heterocycles. The zero-order chi connectivity index (χ0) is 12.9. The molecule has 0 unspecified atom stereocenters. The van der Waals surface area contributed by atoms with E-state index < -0.39 is 0 Å². The van der Waals surface area contributed by atoms with Crippen LogP contribution in [0, 0.1) is 11.8 Å². The average Bonchev–Trinajstić information content (AvgIpc) is 2.51. The predicted octanol–water partition coefficient (Wildman–Crippen LogP) is 6.18. The molecule has 1 aliphatic heterocycles. The van der Waals surface area contributed by atoms with Gasteiger partial charge in [0.25, 0.3) is 0 Å². The van der Waals surface area contributed by atoms with Crippen molar-refractivity contribution in [3.63, 3.8) is 0 Å². The van der Waals surface area contributed by atoms with Gasteiger partial charge in [-0.1, -0.05) is 44.9 Å². The van der Waals surface area contributed by atoms with Gasteiger partial charge in [-0.15, -0.1) is 7.92 Å². The first-order valence-electron chi connectivity index (χ1n) is 9.19. The zero-order valence-electron chi connectivity index (χ0n) is 12.8. The second-order valence-corrected chi connectivity index (χ2v) is 10.1. The van der Waals surface area contributed by atoms with Crippen LogP contribution in [0.3, 0.4) is 0 Å². The fourth-order valence-corrected chi connectivity index (χ4v) is 9.02. The van der Waals surface area contributed by atoms with Gasteiger partial charge in [-0.05, 0) is 68.3 Å². The van der Waals surface area contributed by atoms with Gasteiger partial charge in [0.2, 0.25) is 0 Å². The van der Waals surface area contributed by atoms with Crippen molar-refractivity contribution in [2.75, 3.05) is 12.3 Å². The minimum atomic E-state index is 0.419. The van der Waals surface area contributed by atoms with Crippen LogP contribution < -0.4 is 0 Å². The molecule has 0 amide bonds. The molecule has 3 rings (SSSR count). The van der Waals surface area contributed by atoms with Crippen LogP contribution in [-0.2, 0) is 0 Å². The molecule has 0 nitrogen and oxygen atoms in total. The van der Waals surface area contributed by atoms with E-state index in [4.69, 9.17) is 0 Å². The Hall–Kier alpha value is 0.430. The minimum absolute atomic E-state index is 0.419. The van der Waals surface area contributed by atoms with Crippen LogP contribution in [0.15, 0.2) is 0 Å².